The summed E-state index contributed by atoms with van der Waals surface area (Å²) in [5.41, 5.74) is 1.14. The van der Waals surface area contributed by atoms with Crippen molar-refractivity contribution >= 4 is 33.4 Å². The SMILES string of the molecule is COc1ccc(Br)c(C(=O)N(C)CC(=O)Nc2ccccc2)c1. The van der Waals surface area contributed by atoms with E-state index in [9.17, 15) is 9.59 Å². The van der Waals surface area contributed by atoms with E-state index >= 15 is 0 Å². The minimum atomic E-state index is -0.265. The summed E-state index contributed by atoms with van der Waals surface area (Å²) in [6.07, 6.45) is 0. The maximum atomic E-state index is 12.5. The minimum Gasteiger partial charge on any atom is -0.497 e. The normalized spacial score (nSPS) is 10.0. The largest absolute Gasteiger partial charge is 0.497 e. The van der Waals surface area contributed by atoms with Gasteiger partial charge in [-0.25, -0.2) is 0 Å². The van der Waals surface area contributed by atoms with E-state index in [0.29, 0.717) is 21.5 Å². The predicted molar refractivity (Wildman–Crippen MR) is 92.7 cm³/mol. The van der Waals surface area contributed by atoms with E-state index in [2.05, 4.69) is 21.2 Å². The van der Waals surface area contributed by atoms with Crippen LogP contribution in [0.25, 0.3) is 0 Å². The Morgan fingerprint density at radius 2 is 1.87 bits per heavy atom. The molecule has 0 aliphatic carbocycles. The Bertz CT molecular complexity index is 704. The van der Waals surface area contributed by atoms with Crippen LogP contribution < -0.4 is 10.1 Å². The van der Waals surface area contributed by atoms with Gasteiger partial charge in [-0.2, -0.15) is 0 Å². The van der Waals surface area contributed by atoms with Crippen LogP contribution in [0.3, 0.4) is 0 Å². The lowest BCUT2D eigenvalue weighted by molar-refractivity contribution is -0.116. The summed E-state index contributed by atoms with van der Waals surface area (Å²) in [5, 5.41) is 2.75. The molecule has 0 spiro atoms. The molecule has 2 aromatic carbocycles. The molecule has 0 fully saturated rings. The molecule has 0 heterocycles. The van der Waals surface area contributed by atoms with Gasteiger partial charge in [0.1, 0.15) is 5.75 Å². The van der Waals surface area contributed by atoms with E-state index in [1.165, 1.54) is 12.0 Å². The van der Waals surface area contributed by atoms with Crippen molar-refractivity contribution in [2.75, 3.05) is 26.0 Å². The van der Waals surface area contributed by atoms with Crippen molar-refractivity contribution in [3.63, 3.8) is 0 Å². The maximum absolute atomic E-state index is 12.5. The topological polar surface area (TPSA) is 58.6 Å². The minimum absolute atomic E-state index is 0.0443. The smallest absolute Gasteiger partial charge is 0.255 e. The van der Waals surface area contributed by atoms with Crippen LogP contribution in [0, 0.1) is 0 Å². The lowest BCUT2D eigenvalue weighted by Crippen LogP contribution is -2.35. The number of halogens is 1. The van der Waals surface area contributed by atoms with Crippen molar-refractivity contribution in [2.24, 2.45) is 0 Å². The lowest BCUT2D eigenvalue weighted by Gasteiger charge is -2.18. The van der Waals surface area contributed by atoms with E-state index in [-0.39, 0.29) is 18.4 Å². The van der Waals surface area contributed by atoms with Gasteiger partial charge in [0.15, 0.2) is 0 Å². The lowest BCUT2D eigenvalue weighted by atomic mass is 10.2. The number of anilines is 1. The van der Waals surface area contributed by atoms with Gasteiger partial charge in [0.25, 0.3) is 5.91 Å². The van der Waals surface area contributed by atoms with Crippen molar-refractivity contribution in [3.05, 3.63) is 58.6 Å². The van der Waals surface area contributed by atoms with Gasteiger partial charge >= 0.3 is 0 Å². The highest BCUT2D eigenvalue weighted by Gasteiger charge is 2.18. The molecule has 5 nitrogen and oxygen atoms in total. The van der Waals surface area contributed by atoms with Crippen molar-refractivity contribution < 1.29 is 14.3 Å². The molecule has 2 amide bonds. The van der Waals surface area contributed by atoms with Gasteiger partial charge in [-0.3, -0.25) is 9.59 Å². The van der Waals surface area contributed by atoms with Crippen LogP contribution in [0.15, 0.2) is 53.0 Å². The number of methoxy groups -OCH3 is 1. The molecule has 0 unspecified atom stereocenters. The van der Waals surface area contributed by atoms with Gasteiger partial charge in [0.05, 0.1) is 19.2 Å². The molecule has 0 saturated heterocycles. The average Bonchev–Trinajstić information content (AvgIpc) is 2.55. The zero-order chi connectivity index (χ0) is 16.8. The van der Waals surface area contributed by atoms with E-state index in [4.69, 9.17) is 4.74 Å². The molecular formula is C17H17BrN2O3. The van der Waals surface area contributed by atoms with E-state index < -0.39 is 0 Å². The third kappa shape index (κ3) is 4.56. The van der Waals surface area contributed by atoms with Crippen molar-refractivity contribution in [1.82, 2.24) is 4.90 Å². The Balaban J connectivity index is 2.04. The van der Waals surface area contributed by atoms with Gasteiger partial charge < -0.3 is 15.0 Å². The second kappa shape index (κ2) is 7.78. The Hall–Kier alpha value is -2.34. The fraction of sp³-hybridized carbons (Fsp3) is 0.176. The molecule has 120 valence electrons. The number of hydrogen-bond donors (Lipinski definition) is 1. The number of amides is 2. The standard InChI is InChI=1S/C17H17BrN2O3/c1-20(11-16(21)19-12-6-4-3-5-7-12)17(22)14-10-13(23-2)8-9-15(14)18/h3-10H,11H2,1-2H3,(H,19,21). The first-order chi connectivity index (χ1) is 11.0. The summed E-state index contributed by atoms with van der Waals surface area (Å²) in [5.74, 6) is 0.0590. The third-order valence-corrected chi connectivity index (χ3v) is 3.88. The summed E-state index contributed by atoms with van der Waals surface area (Å²) in [7, 11) is 3.12. The van der Waals surface area contributed by atoms with Gasteiger partial charge in [0.2, 0.25) is 5.91 Å². The van der Waals surface area contributed by atoms with E-state index in [0.717, 1.165) is 0 Å². The summed E-state index contributed by atoms with van der Waals surface area (Å²) >= 11 is 3.34. The van der Waals surface area contributed by atoms with Crippen LogP contribution in [-0.2, 0) is 4.79 Å². The first kappa shape index (κ1) is 17.0. The number of nitrogens with zero attached hydrogens (tertiary/aromatic N) is 1. The molecule has 0 atom stereocenters. The summed E-state index contributed by atoms with van der Waals surface area (Å²) in [6, 6.07) is 14.2. The first-order valence-corrected chi connectivity index (χ1v) is 7.74. The number of nitrogens with one attached hydrogen (secondary N) is 1. The summed E-state index contributed by atoms with van der Waals surface area (Å²) < 4.78 is 5.78. The molecule has 0 saturated carbocycles. The number of carbonyl (C=O) groups excluding carboxylic acids is 2. The molecule has 2 aromatic rings. The molecular weight excluding hydrogens is 360 g/mol. The molecule has 0 aliphatic rings. The zero-order valence-electron chi connectivity index (χ0n) is 12.9. The Labute approximate surface area is 143 Å². The Kier molecular flexibility index (Phi) is 5.76. The first-order valence-electron chi connectivity index (χ1n) is 6.95. The molecule has 0 aliphatic heterocycles. The van der Waals surface area contributed by atoms with Crippen molar-refractivity contribution in [1.29, 1.82) is 0 Å². The van der Waals surface area contributed by atoms with E-state index in [1.54, 1.807) is 37.4 Å². The van der Waals surface area contributed by atoms with Crippen LogP contribution >= 0.6 is 15.9 Å². The monoisotopic (exact) mass is 376 g/mol. The highest BCUT2D eigenvalue weighted by Crippen LogP contribution is 2.23. The molecule has 0 aromatic heterocycles. The van der Waals surface area contributed by atoms with Gasteiger partial charge in [-0.05, 0) is 46.3 Å². The predicted octanol–water partition coefficient (Wildman–Crippen LogP) is 3.17. The number of benzene rings is 2. The van der Waals surface area contributed by atoms with Crippen LogP contribution in [0.1, 0.15) is 10.4 Å². The highest BCUT2D eigenvalue weighted by atomic mass is 79.9. The number of rotatable bonds is 5. The van der Waals surface area contributed by atoms with Gasteiger partial charge in [-0.15, -0.1) is 0 Å². The zero-order valence-corrected chi connectivity index (χ0v) is 14.5. The van der Waals surface area contributed by atoms with Crippen LogP contribution in [0.4, 0.5) is 5.69 Å². The Morgan fingerprint density at radius 1 is 1.17 bits per heavy atom. The second-order valence-electron chi connectivity index (χ2n) is 4.92. The molecule has 2 rings (SSSR count). The molecule has 1 N–H and O–H groups in total. The van der Waals surface area contributed by atoms with E-state index in [1.807, 2.05) is 18.2 Å². The Morgan fingerprint density at radius 3 is 2.52 bits per heavy atom. The van der Waals surface area contributed by atoms with Crippen LogP contribution in [-0.4, -0.2) is 37.4 Å². The average molecular weight is 377 g/mol. The summed E-state index contributed by atoms with van der Waals surface area (Å²) in [6.45, 7) is -0.0443. The molecule has 6 heteroatoms. The fourth-order valence-electron chi connectivity index (χ4n) is 2.01. The molecule has 0 bridgehead atoms. The number of likely N-dealkylation sites (N-methyl/N-ethyl adjacent to an activating group) is 1. The quantitative estimate of drug-likeness (QED) is 0.871. The number of ether oxygens (including phenoxy) is 1. The van der Waals surface area contributed by atoms with Crippen molar-refractivity contribution in [2.45, 2.75) is 0 Å². The van der Waals surface area contributed by atoms with Crippen LogP contribution in [0.5, 0.6) is 5.75 Å². The molecule has 0 radical (unpaired) electrons. The van der Waals surface area contributed by atoms with Gasteiger partial charge in [-0.1, -0.05) is 18.2 Å². The number of hydrogen-bond acceptors (Lipinski definition) is 3. The number of para-hydroxylation sites is 1. The van der Waals surface area contributed by atoms with Crippen LogP contribution in [0.2, 0.25) is 0 Å². The summed E-state index contributed by atoms with van der Waals surface area (Å²) in [4.78, 5) is 25.9. The third-order valence-electron chi connectivity index (χ3n) is 3.19. The molecule has 23 heavy (non-hydrogen) atoms. The highest BCUT2D eigenvalue weighted by molar-refractivity contribution is 9.10. The van der Waals surface area contributed by atoms with Crippen molar-refractivity contribution in [3.8, 4) is 5.75 Å². The maximum Gasteiger partial charge on any atom is 0.255 e. The van der Waals surface area contributed by atoms with Gasteiger partial charge in [0, 0.05) is 17.2 Å². The second-order valence-corrected chi connectivity index (χ2v) is 5.78. The number of carbonyl (C=O) groups is 2. The fourth-order valence-corrected chi connectivity index (χ4v) is 2.43.